The van der Waals surface area contributed by atoms with Gasteiger partial charge in [0.2, 0.25) is 0 Å². The largest absolute Gasteiger partial charge is 0.465 e. The van der Waals surface area contributed by atoms with Crippen molar-refractivity contribution >= 4 is 6.09 Å². The summed E-state index contributed by atoms with van der Waals surface area (Å²) in [6.07, 6.45) is 5.38. The van der Waals surface area contributed by atoms with Crippen LogP contribution in [-0.4, -0.2) is 11.2 Å². The average Bonchev–Trinajstić information content (AvgIpc) is 1.82. The Bertz CT molecular complexity index is 89.8. The van der Waals surface area contributed by atoms with Gasteiger partial charge in [0.1, 0.15) is 0 Å². The van der Waals surface area contributed by atoms with Crippen LogP contribution in [0, 0.1) is 0 Å². The minimum absolute atomic E-state index is 1.17. The lowest BCUT2D eigenvalue weighted by molar-refractivity contribution is 0.205. The van der Waals surface area contributed by atoms with Crippen molar-refractivity contribution in [2.45, 2.75) is 26.7 Å². The SMILES string of the molecule is CCC=CCC.NC(=O)O. The number of carboxylic acid groups (broad SMARTS) is 1. The molecule has 0 bridgehead atoms. The average molecular weight is 145 g/mol. The molecular weight excluding hydrogens is 130 g/mol. The maximum atomic E-state index is 8.78. The Morgan fingerprint density at radius 1 is 1.40 bits per heavy atom. The number of allylic oxidation sites excluding steroid dienone is 2. The second kappa shape index (κ2) is 10.9. The van der Waals surface area contributed by atoms with Crippen LogP contribution < -0.4 is 5.73 Å². The van der Waals surface area contributed by atoms with Crippen molar-refractivity contribution in [1.29, 1.82) is 0 Å². The number of hydrogen-bond acceptors (Lipinski definition) is 1. The monoisotopic (exact) mass is 145 g/mol. The number of hydrogen-bond donors (Lipinski definition) is 2. The van der Waals surface area contributed by atoms with Gasteiger partial charge in [-0.05, 0) is 12.8 Å². The van der Waals surface area contributed by atoms with E-state index in [1.807, 2.05) is 0 Å². The van der Waals surface area contributed by atoms with E-state index in [-0.39, 0.29) is 0 Å². The summed E-state index contributed by atoms with van der Waals surface area (Å²) in [5, 5.41) is 7.19. The minimum atomic E-state index is -1.33. The molecule has 10 heavy (non-hydrogen) atoms. The van der Waals surface area contributed by atoms with Gasteiger partial charge in [0.15, 0.2) is 0 Å². The van der Waals surface area contributed by atoms with Crippen LogP contribution >= 0.6 is 0 Å². The van der Waals surface area contributed by atoms with Crippen molar-refractivity contribution in [1.82, 2.24) is 0 Å². The molecule has 0 saturated carbocycles. The van der Waals surface area contributed by atoms with E-state index in [0.29, 0.717) is 0 Å². The molecule has 0 spiro atoms. The lowest BCUT2D eigenvalue weighted by Gasteiger charge is -1.72. The molecule has 0 aromatic carbocycles. The molecule has 0 radical (unpaired) electrons. The summed E-state index contributed by atoms with van der Waals surface area (Å²) < 4.78 is 0. The first kappa shape index (κ1) is 11.8. The van der Waals surface area contributed by atoms with Gasteiger partial charge in [0.25, 0.3) is 0 Å². The summed E-state index contributed by atoms with van der Waals surface area (Å²) in [5.41, 5.74) is 4.03. The molecule has 0 aliphatic carbocycles. The number of primary amides is 1. The van der Waals surface area contributed by atoms with E-state index in [1.165, 1.54) is 12.8 Å². The molecule has 0 aromatic heterocycles. The highest BCUT2D eigenvalue weighted by molar-refractivity contribution is 5.61. The highest BCUT2D eigenvalue weighted by atomic mass is 16.4. The Kier molecular flexibility index (Phi) is 12.8. The fourth-order valence-corrected chi connectivity index (χ4v) is 0.333. The van der Waals surface area contributed by atoms with Crippen molar-refractivity contribution in [3.05, 3.63) is 12.2 Å². The Labute approximate surface area is 61.5 Å². The summed E-state index contributed by atoms with van der Waals surface area (Å²) in [4.78, 5) is 8.78. The number of carbonyl (C=O) groups is 1. The molecule has 0 rings (SSSR count). The topological polar surface area (TPSA) is 63.3 Å². The second-order valence-corrected chi connectivity index (χ2v) is 1.63. The zero-order chi connectivity index (χ0) is 8.41. The van der Waals surface area contributed by atoms with Gasteiger partial charge in [-0.2, -0.15) is 0 Å². The Hall–Kier alpha value is -0.990. The van der Waals surface area contributed by atoms with Crippen LogP contribution in [0.25, 0.3) is 0 Å². The molecule has 3 heteroatoms. The third kappa shape index (κ3) is 62.7. The molecule has 60 valence electrons. The summed E-state index contributed by atoms with van der Waals surface area (Å²) in [6, 6.07) is 0. The van der Waals surface area contributed by atoms with Gasteiger partial charge in [0.05, 0.1) is 0 Å². The number of rotatable bonds is 2. The molecule has 0 fully saturated rings. The lowest BCUT2D eigenvalue weighted by atomic mass is 10.4. The van der Waals surface area contributed by atoms with E-state index in [9.17, 15) is 0 Å². The first-order valence-corrected chi connectivity index (χ1v) is 3.28. The Balaban J connectivity index is 0. The first-order valence-electron chi connectivity index (χ1n) is 3.28. The van der Waals surface area contributed by atoms with E-state index in [0.717, 1.165) is 0 Å². The van der Waals surface area contributed by atoms with E-state index < -0.39 is 6.09 Å². The van der Waals surface area contributed by atoms with Crippen LogP contribution in [0.4, 0.5) is 4.79 Å². The van der Waals surface area contributed by atoms with Gasteiger partial charge < -0.3 is 10.8 Å². The van der Waals surface area contributed by atoms with Gasteiger partial charge >= 0.3 is 6.09 Å². The summed E-state index contributed by atoms with van der Waals surface area (Å²) in [5.74, 6) is 0. The van der Waals surface area contributed by atoms with Crippen LogP contribution in [-0.2, 0) is 0 Å². The standard InChI is InChI=1S/C6H12.CH3NO2/c1-3-5-6-4-2;2-1(3)4/h5-6H,3-4H2,1-2H3;2H2,(H,3,4). The molecule has 0 unspecified atom stereocenters. The molecular formula is C7H15NO2. The van der Waals surface area contributed by atoms with Crippen LogP contribution in [0.5, 0.6) is 0 Å². The first-order chi connectivity index (χ1) is 4.65. The molecule has 3 nitrogen and oxygen atoms in total. The van der Waals surface area contributed by atoms with Crippen molar-refractivity contribution in [2.24, 2.45) is 5.73 Å². The number of amides is 1. The van der Waals surface area contributed by atoms with Gasteiger partial charge in [-0.1, -0.05) is 26.0 Å². The predicted octanol–water partition coefficient (Wildman–Crippen LogP) is 1.99. The van der Waals surface area contributed by atoms with Crippen molar-refractivity contribution in [3.8, 4) is 0 Å². The third-order valence-electron chi connectivity index (χ3n) is 0.638. The molecule has 0 atom stereocenters. The summed E-state index contributed by atoms with van der Waals surface area (Å²) in [6.45, 7) is 4.29. The lowest BCUT2D eigenvalue weighted by Crippen LogP contribution is -2.03. The van der Waals surface area contributed by atoms with Crippen LogP contribution in [0.2, 0.25) is 0 Å². The van der Waals surface area contributed by atoms with E-state index in [1.54, 1.807) is 0 Å². The van der Waals surface area contributed by atoms with Crippen LogP contribution in [0.15, 0.2) is 12.2 Å². The van der Waals surface area contributed by atoms with Crippen LogP contribution in [0.3, 0.4) is 0 Å². The summed E-state index contributed by atoms with van der Waals surface area (Å²) in [7, 11) is 0. The molecule has 0 aromatic rings. The predicted molar refractivity (Wildman–Crippen MR) is 41.9 cm³/mol. The molecule has 0 aliphatic heterocycles. The fraction of sp³-hybridized carbons (Fsp3) is 0.571. The highest BCUT2D eigenvalue weighted by Gasteiger charge is 1.65. The summed E-state index contributed by atoms with van der Waals surface area (Å²) >= 11 is 0. The van der Waals surface area contributed by atoms with Crippen molar-refractivity contribution < 1.29 is 9.90 Å². The quantitative estimate of drug-likeness (QED) is 0.583. The smallest absolute Gasteiger partial charge is 0.402 e. The van der Waals surface area contributed by atoms with E-state index in [2.05, 4.69) is 31.7 Å². The molecule has 3 N–H and O–H groups in total. The second-order valence-electron chi connectivity index (χ2n) is 1.63. The zero-order valence-corrected chi connectivity index (χ0v) is 6.50. The van der Waals surface area contributed by atoms with E-state index in [4.69, 9.17) is 9.90 Å². The Morgan fingerprint density at radius 2 is 1.60 bits per heavy atom. The van der Waals surface area contributed by atoms with E-state index >= 15 is 0 Å². The molecule has 0 heterocycles. The fourth-order valence-electron chi connectivity index (χ4n) is 0.333. The maximum Gasteiger partial charge on any atom is 0.402 e. The van der Waals surface area contributed by atoms with Gasteiger partial charge in [-0.15, -0.1) is 0 Å². The van der Waals surface area contributed by atoms with Gasteiger partial charge in [-0.25, -0.2) is 4.79 Å². The highest BCUT2D eigenvalue weighted by Crippen LogP contribution is 1.81. The van der Waals surface area contributed by atoms with Crippen molar-refractivity contribution in [2.75, 3.05) is 0 Å². The molecule has 0 aliphatic rings. The maximum absolute atomic E-state index is 8.78. The molecule has 0 saturated heterocycles. The van der Waals surface area contributed by atoms with Gasteiger partial charge in [0, 0.05) is 0 Å². The van der Waals surface area contributed by atoms with Crippen molar-refractivity contribution in [3.63, 3.8) is 0 Å². The number of nitrogens with two attached hydrogens (primary N) is 1. The normalized spacial score (nSPS) is 8.60. The third-order valence-corrected chi connectivity index (χ3v) is 0.638. The zero-order valence-electron chi connectivity index (χ0n) is 6.50. The minimum Gasteiger partial charge on any atom is -0.465 e. The molecule has 1 amide bonds. The van der Waals surface area contributed by atoms with Crippen LogP contribution in [0.1, 0.15) is 26.7 Å². The Morgan fingerprint density at radius 3 is 1.70 bits per heavy atom. The van der Waals surface area contributed by atoms with Gasteiger partial charge in [-0.3, -0.25) is 0 Å².